The molecule has 0 aliphatic heterocycles. The first-order valence-corrected chi connectivity index (χ1v) is 8.61. The molecule has 0 bridgehead atoms. The molecule has 2 aromatic rings. The van der Waals surface area contributed by atoms with Crippen molar-refractivity contribution in [2.75, 3.05) is 33.8 Å². The Labute approximate surface area is 149 Å². The molecule has 5 heteroatoms. The van der Waals surface area contributed by atoms with Crippen molar-refractivity contribution in [1.29, 1.82) is 0 Å². The predicted octanol–water partition coefficient (Wildman–Crippen LogP) is 3.53. The van der Waals surface area contributed by atoms with Gasteiger partial charge in [0.2, 0.25) is 5.91 Å². The molecule has 0 fully saturated rings. The summed E-state index contributed by atoms with van der Waals surface area (Å²) < 4.78 is 11.6. The van der Waals surface area contributed by atoms with Gasteiger partial charge < -0.3 is 19.4 Å². The monoisotopic (exact) mass is 344 g/mol. The first-order valence-electron chi connectivity index (χ1n) is 8.61. The zero-order chi connectivity index (χ0) is 18.6. The fraction of sp³-hybridized carbons (Fsp3) is 0.450. The molecule has 1 aromatic heterocycles. The number of furan rings is 1. The van der Waals surface area contributed by atoms with Gasteiger partial charge in [-0.05, 0) is 59.0 Å². The Kier molecular flexibility index (Phi) is 6.26. The van der Waals surface area contributed by atoms with Crippen molar-refractivity contribution in [2.24, 2.45) is 0 Å². The Morgan fingerprint density at radius 2 is 2.04 bits per heavy atom. The van der Waals surface area contributed by atoms with E-state index in [9.17, 15) is 4.79 Å². The van der Waals surface area contributed by atoms with Crippen LogP contribution < -0.4 is 10.1 Å². The average molecular weight is 344 g/mol. The number of likely N-dealkylation sites (N-methyl/N-ethyl adjacent to an activating group) is 1. The number of nitrogens with zero attached hydrogens (tertiary/aromatic N) is 1. The van der Waals surface area contributed by atoms with Gasteiger partial charge in [0.25, 0.3) is 0 Å². The molecule has 25 heavy (non-hydrogen) atoms. The van der Waals surface area contributed by atoms with Crippen LogP contribution in [-0.4, -0.2) is 44.6 Å². The molecule has 0 atom stereocenters. The third-order valence-corrected chi connectivity index (χ3v) is 4.21. The first kappa shape index (κ1) is 19.1. The van der Waals surface area contributed by atoms with Crippen molar-refractivity contribution in [3.8, 4) is 5.75 Å². The number of benzene rings is 1. The summed E-state index contributed by atoms with van der Waals surface area (Å²) in [6.45, 7) is 9.85. The molecule has 1 heterocycles. The van der Waals surface area contributed by atoms with Crippen molar-refractivity contribution in [3.05, 3.63) is 35.1 Å². The number of carbonyl (C=O) groups is 1. The highest BCUT2D eigenvalue weighted by atomic mass is 16.5. The smallest absolute Gasteiger partial charge is 0.244 e. The van der Waals surface area contributed by atoms with Crippen LogP contribution in [0.4, 0.5) is 0 Å². The van der Waals surface area contributed by atoms with Crippen LogP contribution in [0.25, 0.3) is 16.5 Å². The van der Waals surface area contributed by atoms with Gasteiger partial charge in [-0.3, -0.25) is 4.79 Å². The quantitative estimate of drug-likeness (QED) is 0.781. The van der Waals surface area contributed by atoms with Gasteiger partial charge >= 0.3 is 0 Å². The minimum Gasteiger partial charge on any atom is -0.493 e. The first-order chi connectivity index (χ1) is 11.8. The van der Waals surface area contributed by atoms with Crippen molar-refractivity contribution in [1.82, 2.24) is 10.2 Å². The molecule has 0 saturated heterocycles. The summed E-state index contributed by atoms with van der Waals surface area (Å²) in [5.41, 5.74) is 3.71. The van der Waals surface area contributed by atoms with E-state index in [0.29, 0.717) is 13.2 Å². The van der Waals surface area contributed by atoms with Gasteiger partial charge in [-0.15, -0.1) is 0 Å². The van der Waals surface area contributed by atoms with E-state index in [1.807, 2.05) is 58.8 Å². The third-order valence-electron chi connectivity index (χ3n) is 4.21. The standard InChI is InChI=1S/C20H28N2O3/c1-7-24-18-12-19-17(14(3)15(4)25-19)11-16(18)13(2)10-20(23)21-8-9-22(5)6/h10-12H,7-9H2,1-6H3,(H,21,23)/b13-10+. The van der Waals surface area contributed by atoms with E-state index in [2.05, 4.69) is 5.32 Å². The van der Waals surface area contributed by atoms with Crippen molar-refractivity contribution < 1.29 is 13.9 Å². The number of amides is 1. The van der Waals surface area contributed by atoms with Gasteiger partial charge in [-0.1, -0.05) is 0 Å². The summed E-state index contributed by atoms with van der Waals surface area (Å²) in [5.74, 6) is 1.54. The van der Waals surface area contributed by atoms with Gasteiger partial charge in [-0.25, -0.2) is 0 Å². The highest BCUT2D eigenvalue weighted by molar-refractivity contribution is 5.97. The lowest BCUT2D eigenvalue weighted by Gasteiger charge is -2.12. The Hall–Kier alpha value is -2.27. The van der Waals surface area contributed by atoms with E-state index in [-0.39, 0.29) is 5.91 Å². The topological polar surface area (TPSA) is 54.7 Å². The van der Waals surface area contributed by atoms with Crippen LogP contribution in [0, 0.1) is 13.8 Å². The number of hydrogen-bond acceptors (Lipinski definition) is 4. The lowest BCUT2D eigenvalue weighted by Crippen LogP contribution is -2.30. The molecule has 0 unspecified atom stereocenters. The van der Waals surface area contributed by atoms with E-state index in [1.165, 1.54) is 0 Å². The Morgan fingerprint density at radius 3 is 2.68 bits per heavy atom. The number of ether oxygens (including phenoxy) is 1. The molecule has 1 N–H and O–H groups in total. The molecular weight excluding hydrogens is 316 g/mol. The molecule has 136 valence electrons. The SMILES string of the molecule is CCOc1cc2oc(C)c(C)c2cc1/C(C)=C/C(=O)NCCN(C)C. The zero-order valence-electron chi connectivity index (χ0n) is 16.0. The predicted molar refractivity (Wildman–Crippen MR) is 102 cm³/mol. The van der Waals surface area contributed by atoms with E-state index in [1.54, 1.807) is 6.08 Å². The summed E-state index contributed by atoms with van der Waals surface area (Å²) >= 11 is 0. The number of rotatable bonds is 7. The highest BCUT2D eigenvalue weighted by Gasteiger charge is 2.14. The van der Waals surface area contributed by atoms with Crippen LogP contribution in [0.2, 0.25) is 0 Å². The number of hydrogen-bond donors (Lipinski definition) is 1. The fourth-order valence-corrected chi connectivity index (χ4v) is 2.68. The number of nitrogens with one attached hydrogen (secondary N) is 1. The Morgan fingerprint density at radius 1 is 1.32 bits per heavy atom. The molecule has 5 nitrogen and oxygen atoms in total. The number of fused-ring (bicyclic) bond motifs is 1. The number of carbonyl (C=O) groups excluding carboxylic acids is 1. The maximum atomic E-state index is 12.1. The van der Waals surface area contributed by atoms with Crippen molar-refractivity contribution >= 4 is 22.4 Å². The van der Waals surface area contributed by atoms with Crippen molar-refractivity contribution in [3.63, 3.8) is 0 Å². The average Bonchev–Trinajstić information content (AvgIpc) is 2.80. The zero-order valence-corrected chi connectivity index (χ0v) is 16.0. The van der Waals surface area contributed by atoms with Gasteiger partial charge in [0.1, 0.15) is 17.1 Å². The summed E-state index contributed by atoms with van der Waals surface area (Å²) in [7, 11) is 3.96. The molecule has 0 radical (unpaired) electrons. The minimum atomic E-state index is -0.0954. The lowest BCUT2D eigenvalue weighted by atomic mass is 10.0. The molecule has 0 aliphatic carbocycles. The summed E-state index contributed by atoms with van der Waals surface area (Å²) in [6.07, 6.45) is 1.63. The lowest BCUT2D eigenvalue weighted by molar-refractivity contribution is -0.116. The fourth-order valence-electron chi connectivity index (χ4n) is 2.68. The van der Waals surface area contributed by atoms with Gasteiger partial charge in [0, 0.05) is 36.2 Å². The molecule has 1 aromatic carbocycles. The molecule has 1 amide bonds. The van der Waals surface area contributed by atoms with E-state index >= 15 is 0 Å². The highest BCUT2D eigenvalue weighted by Crippen LogP contribution is 2.34. The third kappa shape index (κ3) is 4.63. The minimum absolute atomic E-state index is 0.0954. The van der Waals surface area contributed by atoms with Gasteiger partial charge in [0.15, 0.2) is 0 Å². The second-order valence-electron chi connectivity index (χ2n) is 6.48. The maximum Gasteiger partial charge on any atom is 0.244 e. The molecule has 0 saturated carbocycles. The van der Waals surface area contributed by atoms with Crippen LogP contribution in [0.5, 0.6) is 5.75 Å². The van der Waals surface area contributed by atoms with E-state index in [0.717, 1.165) is 45.7 Å². The number of allylic oxidation sites excluding steroid dienone is 1. The van der Waals surface area contributed by atoms with Crippen LogP contribution in [0.3, 0.4) is 0 Å². The van der Waals surface area contributed by atoms with E-state index < -0.39 is 0 Å². The normalized spacial score (nSPS) is 12.0. The largest absolute Gasteiger partial charge is 0.493 e. The van der Waals surface area contributed by atoms with Crippen LogP contribution >= 0.6 is 0 Å². The van der Waals surface area contributed by atoms with Crippen molar-refractivity contribution in [2.45, 2.75) is 27.7 Å². The second-order valence-corrected chi connectivity index (χ2v) is 6.48. The molecule has 0 aliphatic rings. The van der Waals surface area contributed by atoms with E-state index in [4.69, 9.17) is 9.15 Å². The Balaban J connectivity index is 2.33. The van der Waals surface area contributed by atoms with Gasteiger partial charge in [0.05, 0.1) is 6.61 Å². The second kappa shape index (κ2) is 8.21. The molecular formula is C20H28N2O3. The number of aryl methyl sites for hydroxylation is 2. The Bertz CT molecular complexity index is 788. The maximum absolute atomic E-state index is 12.1. The molecule has 2 rings (SSSR count). The van der Waals surface area contributed by atoms with Crippen LogP contribution in [0.15, 0.2) is 22.6 Å². The van der Waals surface area contributed by atoms with Gasteiger partial charge in [-0.2, -0.15) is 0 Å². The molecule has 0 spiro atoms. The van der Waals surface area contributed by atoms with Crippen LogP contribution in [0.1, 0.15) is 30.7 Å². The van der Waals surface area contributed by atoms with Crippen LogP contribution in [-0.2, 0) is 4.79 Å². The summed E-state index contributed by atoms with van der Waals surface area (Å²) in [5, 5.41) is 3.95. The summed E-state index contributed by atoms with van der Waals surface area (Å²) in [6, 6.07) is 3.96. The summed E-state index contributed by atoms with van der Waals surface area (Å²) in [4.78, 5) is 14.2.